The minimum atomic E-state index is -0.767. The van der Waals surface area contributed by atoms with Crippen LogP contribution in [-0.4, -0.2) is 15.9 Å². The second-order valence-corrected chi connectivity index (χ2v) is 3.90. The molecule has 0 unspecified atom stereocenters. The molecule has 2 rings (SSSR count). The Kier molecular flexibility index (Phi) is 3.52. The monoisotopic (exact) mass is 274 g/mol. The highest BCUT2D eigenvalue weighted by atomic mass is 16.6. The van der Waals surface area contributed by atoms with E-state index in [0.29, 0.717) is 0 Å². The highest BCUT2D eigenvalue weighted by molar-refractivity contribution is 5.93. The maximum Gasteiger partial charge on any atom is 0.312 e. The molecule has 0 atom stereocenters. The van der Waals surface area contributed by atoms with Crippen molar-refractivity contribution in [2.75, 3.05) is 0 Å². The Morgan fingerprint density at radius 1 is 1.25 bits per heavy atom. The van der Waals surface area contributed by atoms with Gasteiger partial charge in [-0.15, -0.1) is 0 Å². The van der Waals surface area contributed by atoms with Gasteiger partial charge in [0.25, 0.3) is 0 Å². The van der Waals surface area contributed by atoms with Crippen molar-refractivity contribution in [3.63, 3.8) is 0 Å². The summed E-state index contributed by atoms with van der Waals surface area (Å²) in [5.74, 6) is -0.610. The average molecular weight is 274 g/mol. The summed E-state index contributed by atoms with van der Waals surface area (Å²) in [4.78, 5) is 21.3. The van der Waals surface area contributed by atoms with Gasteiger partial charge in [0.1, 0.15) is 11.5 Å². The molecule has 0 bridgehead atoms. The molecule has 2 aromatic rings. The number of nitrogens with zero attached hydrogens (tertiary/aromatic N) is 1. The number of phenolic OH excluding ortho intramolecular Hbond substituents is 1. The quantitative estimate of drug-likeness (QED) is 0.654. The van der Waals surface area contributed by atoms with Crippen LogP contribution in [0.1, 0.15) is 10.4 Å². The number of phenols is 1. The number of rotatable bonds is 4. The second kappa shape index (κ2) is 5.27. The maximum atomic E-state index is 11.0. The molecule has 0 aromatic heterocycles. The largest absolute Gasteiger partial charge is 0.508 e. The average Bonchev–Trinajstić information content (AvgIpc) is 2.38. The summed E-state index contributed by atoms with van der Waals surface area (Å²) in [6, 6.07) is 9.47. The van der Waals surface area contributed by atoms with Gasteiger partial charge in [-0.25, -0.2) is 0 Å². The fourth-order valence-corrected chi connectivity index (χ4v) is 1.57. The Morgan fingerprint density at radius 3 is 2.60 bits per heavy atom. The van der Waals surface area contributed by atoms with Crippen molar-refractivity contribution in [3.8, 4) is 17.2 Å². The van der Waals surface area contributed by atoms with Gasteiger partial charge in [0.05, 0.1) is 4.92 Å². The third-order valence-corrected chi connectivity index (χ3v) is 2.49. The van der Waals surface area contributed by atoms with Crippen LogP contribution in [0.15, 0.2) is 42.5 Å². The van der Waals surface area contributed by atoms with Crippen molar-refractivity contribution in [2.45, 2.75) is 0 Å². The van der Waals surface area contributed by atoms with E-state index >= 15 is 0 Å². The van der Waals surface area contributed by atoms with Gasteiger partial charge in [0, 0.05) is 17.7 Å². The molecule has 0 aliphatic carbocycles. The first-order valence-electron chi connectivity index (χ1n) is 5.52. The molecule has 2 aromatic carbocycles. The van der Waals surface area contributed by atoms with E-state index in [1.54, 1.807) is 0 Å². The Hall–Kier alpha value is -3.09. The summed E-state index contributed by atoms with van der Waals surface area (Å²) in [6.07, 6.45) is 0. The number of nitro benzene ring substituents is 1. The van der Waals surface area contributed by atoms with E-state index in [9.17, 15) is 20.0 Å². The normalized spacial score (nSPS) is 10.0. The number of carbonyl (C=O) groups is 1. The van der Waals surface area contributed by atoms with Gasteiger partial charge < -0.3 is 15.6 Å². The molecule has 0 saturated heterocycles. The van der Waals surface area contributed by atoms with Gasteiger partial charge in [0.15, 0.2) is 0 Å². The summed E-state index contributed by atoms with van der Waals surface area (Å²) in [7, 11) is 0. The number of nitrogens with two attached hydrogens (primary N) is 1. The van der Waals surface area contributed by atoms with Crippen LogP contribution in [0, 0.1) is 10.1 Å². The summed E-state index contributed by atoms with van der Waals surface area (Å²) in [6.45, 7) is 0. The summed E-state index contributed by atoms with van der Waals surface area (Å²) in [5.41, 5.74) is 4.70. The zero-order valence-electron chi connectivity index (χ0n) is 10.1. The topological polar surface area (TPSA) is 116 Å². The van der Waals surface area contributed by atoms with Crippen LogP contribution in [0.2, 0.25) is 0 Å². The molecular weight excluding hydrogens is 264 g/mol. The number of primary amides is 1. The Labute approximate surface area is 113 Å². The summed E-state index contributed by atoms with van der Waals surface area (Å²) >= 11 is 0. The first kappa shape index (κ1) is 13.3. The molecule has 7 nitrogen and oxygen atoms in total. The van der Waals surface area contributed by atoms with Crippen LogP contribution in [-0.2, 0) is 0 Å². The molecule has 3 N–H and O–H groups in total. The van der Waals surface area contributed by atoms with Crippen LogP contribution < -0.4 is 10.5 Å². The van der Waals surface area contributed by atoms with Gasteiger partial charge in [-0.3, -0.25) is 14.9 Å². The number of nitro groups is 1. The van der Waals surface area contributed by atoms with E-state index in [0.717, 1.165) is 6.07 Å². The molecule has 0 heterocycles. The summed E-state index contributed by atoms with van der Waals surface area (Å²) in [5, 5.41) is 20.3. The summed E-state index contributed by atoms with van der Waals surface area (Å²) < 4.78 is 5.33. The third kappa shape index (κ3) is 2.83. The van der Waals surface area contributed by atoms with Crippen molar-refractivity contribution < 1.29 is 19.6 Å². The number of carbonyl (C=O) groups excluding carboxylic acids is 1. The number of hydrogen-bond donors (Lipinski definition) is 2. The van der Waals surface area contributed by atoms with E-state index in [-0.39, 0.29) is 28.5 Å². The lowest BCUT2D eigenvalue weighted by Crippen LogP contribution is -2.11. The van der Waals surface area contributed by atoms with E-state index < -0.39 is 10.8 Å². The van der Waals surface area contributed by atoms with Crippen LogP contribution in [0.4, 0.5) is 5.69 Å². The molecule has 0 saturated carbocycles. The van der Waals surface area contributed by atoms with Crippen molar-refractivity contribution in [2.24, 2.45) is 5.73 Å². The predicted molar refractivity (Wildman–Crippen MR) is 69.8 cm³/mol. The second-order valence-electron chi connectivity index (χ2n) is 3.90. The molecule has 0 aliphatic rings. The van der Waals surface area contributed by atoms with E-state index in [2.05, 4.69) is 0 Å². The molecule has 0 aliphatic heterocycles. The number of amides is 1. The zero-order chi connectivity index (χ0) is 14.7. The zero-order valence-corrected chi connectivity index (χ0v) is 10.1. The SMILES string of the molecule is NC(=O)c1ccc(Oc2cccc(O)c2)c([N+](=O)[O-])c1. The first-order chi connectivity index (χ1) is 9.47. The molecule has 0 radical (unpaired) electrons. The van der Waals surface area contributed by atoms with Crippen molar-refractivity contribution in [1.29, 1.82) is 0 Å². The van der Waals surface area contributed by atoms with E-state index in [4.69, 9.17) is 10.5 Å². The van der Waals surface area contributed by atoms with Gasteiger partial charge in [-0.05, 0) is 24.3 Å². The van der Waals surface area contributed by atoms with Crippen molar-refractivity contribution in [1.82, 2.24) is 0 Å². The molecule has 1 amide bonds. The fourth-order valence-electron chi connectivity index (χ4n) is 1.57. The highest BCUT2D eigenvalue weighted by Gasteiger charge is 2.18. The lowest BCUT2D eigenvalue weighted by molar-refractivity contribution is -0.385. The van der Waals surface area contributed by atoms with Gasteiger partial charge in [0.2, 0.25) is 11.7 Å². The van der Waals surface area contributed by atoms with E-state index in [1.165, 1.54) is 36.4 Å². The lowest BCUT2D eigenvalue weighted by Gasteiger charge is -2.07. The lowest BCUT2D eigenvalue weighted by atomic mass is 10.2. The maximum absolute atomic E-state index is 11.0. The Bertz CT molecular complexity index is 684. The van der Waals surface area contributed by atoms with Gasteiger partial charge >= 0.3 is 5.69 Å². The van der Waals surface area contributed by atoms with Crippen molar-refractivity contribution in [3.05, 3.63) is 58.1 Å². The molecule has 7 heteroatoms. The Morgan fingerprint density at radius 2 is 2.00 bits per heavy atom. The molecule has 20 heavy (non-hydrogen) atoms. The number of hydrogen-bond acceptors (Lipinski definition) is 5. The smallest absolute Gasteiger partial charge is 0.312 e. The van der Waals surface area contributed by atoms with Crippen LogP contribution in [0.5, 0.6) is 17.2 Å². The predicted octanol–water partition coefficient (Wildman–Crippen LogP) is 2.19. The van der Waals surface area contributed by atoms with Crippen molar-refractivity contribution >= 4 is 11.6 Å². The number of ether oxygens (including phenoxy) is 1. The standard InChI is InChI=1S/C13H10N2O5/c14-13(17)8-4-5-12(11(6-8)15(18)19)20-10-3-1-2-9(16)7-10/h1-7,16H,(H2,14,17). The highest BCUT2D eigenvalue weighted by Crippen LogP contribution is 2.33. The first-order valence-corrected chi connectivity index (χ1v) is 5.52. The van der Waals surface area contributed by atoms with Gasteiger partial charge in [-0.2, -0.15) is 0 Å². The fraction of sp³-hybridized carbons (Fsp3) is 0. The molecule has 102 valence electrons. The van der Waals surface area contributed by atoms with Crippen LogP contribution >= 0.6 is 0 Å². The van der Waals surface area contributed by atoms with E-state index in [1.807, 2.05) is 0 Å². The Balaban J connectivity index is 2.41. The van der Waals surface area contributed by atoms with Gasteiger partial charge in [-0.1, -0.05) is 6.07 Å². The number of benzene rings is 2. The minimum absolute atomic E-state index is 0.0139. The molecule has 0 spiro atoms. The molecular formula is C13H10N2O5. The minimum Gasteiger partial charge on any atom is -0.508 e. The molecule has 0 fully saturated rings. The third-order valence-electron chi connectivity index (χ3n) is 2.49. The number of aromatic hydroxyl groups is 1. The van der Waals surface area contributed by atoms with Crippen LogP contribution in [0.25, 0.3) is 0 Å². The van der Waals surface area contributed by atoms with Crippen LogP contribution in [0.3, 0.4) is 0 Å².